The summed E-state index contributed by atoms with van der Waals surface area (Å²) in [6.07, 6.45) is 2.61. The first-order valence-electron chi connectivity index (χ1n) is 5.73. The lowest BCUT2D eigenvalue weighted by molar-refractivity contribution is -0.140. The quantitative estimate of drug-likeness (QED) is 0.776. The largest absolute Gasteiger partial charge is 0.496 e. The van der Waals surface area contributed by atoms with Gasteiger partial charge in [-0.15, -0.1) is 0 Å². The maximum atomic E-state index is 11.2. The van der Waals surface area contributed by atoms with E-state index < -0.39 is 0 Å². The smallest absolute Gasteiger partial charge is 0.305 e. The molecular formula is C14H15NO3. The van der Waals surface area contributed by atoms with E-state index in [2.05, 4.69) is 9.72 Å². The van der Waals surface area contributed by atoms with Gasteiger partial charge in [0, 0.05) is 18.0 Å². The van der Waals surface area contributed by atoms with Crippen LogP contribution in [0, 0.1) is 0 Å². The number of esters is 1. The normalized spacial score (nSPS) is 10.3. The summed E-state index contributed by atoms with van der Waals surface area (Å²) in [5.41, 5.74) is 0.857. The zero-order valence-corrected chi connectivity index (χ0v) is 10.5. The van der Waals surface area contributed by atoms with E-state index in [1.54, 1.807) is 13.3 Å². The van der Waals surface area contributed by atoms with Crippen molar-refractivity contribution in [3.63, 3.8) is 0 Å². The molecule has 0 amide bonds. The lowest BCUT2D eigenvalue weighted by Crippen LogP contribution is -2.03. The van der Waals surface area contributed by atoms with Gasteiger partial charge < -0.3 is 9.47 Å². The molecule has 4 nitrogen and oxygen atoms in total. The molecule has 1 aromatic heterocycles. The number of aromatic nitrogens is 1. The number of pyridine rings is 1. The lowest BCUT2D eigenvalue weighted by Gasteiger charge is -2.09. The fraction of sp³-hybridized carbons (Fsp3) is 0.286. The molecule has 4 heteroatoms. The third kappa shape index (κ3) is 2.42. The average Bonchev–Trinajstić information content (AvgIpc) is 2.43. The van der Waals surface area contributed by atoms with E-state index in [9.17, 15) is 4.79 Å². The Morgan fingerprint density at radius 3 is 2.83 bits per heavy atom. The van der Waals surface area contributed by atoms with Crippen molar-refractivity contribution in [2.75, 3.05) is 14.2 Å². The summed E-state index contributed by atoms with van der Waals surface area (Å²) in [5.74, 6) is 0.546. The van der Waals surface area contributed by atoms with Crippen molar-refractivity contribution >= 4 is 16.7 Å². The fourth-order valence-electron chi connectivity index (χ4n) is 1.95. The summed E-state index contributed by atoms with van der Waals surface area (Å²) in [6.45, 7) is 0. The van der Waals surface area contributed by atoms with Gasteiger partial charge in [0.15, 0.2) is 0 Å². The highest BCUT2D eigenvalue weighted by atomic mass is 16.5. The van der Waals surface area contributed by atoms with Crippen LogP contribution in [-0.4, -0.2) is 25.2 Å². The number of methoxy groups -OCH3 is 2. The Labute approximate surface area is 106 Å². The first-order valence-corrected chi connectivity index (χ1v) is 5.73. The standard InChI is InChI=1S/C14H15NO3/c1-17-12-5-3-4-10-8-9-15-11(14(10)12)6-7-13(16)18-2/h3-5,8-9H,6-7H2,1-2H3. The van der Waals surface area contributed by atoms with Crippen LogP contribution in [0.2, 0.25) is 0 Å². The molecule has 0 atom stereocenters. The number of fused-ring (bicyclic) bond motifs is 1. The molecule has 1 aromatic carbocycles. The van der Waals surface area contributed by atoms with E-state index in [1.165, 1.54) is 7.11 Å². The van der Waals surface area contributed by atoms with E-state index in [1.807, 2.05) is 24.3 Å². The second kappa shape index (κ2) is 5.49. The molecule has 0 spiro atoms. The minimum atomic E-state index is -0.233. The van der Waals surface area contributed by atoms with Gasteiger partial charge >= 0.3 is 5.97 Å². The molecular weight excluding hydrogens is 230 g/mol. The van der Waals surface area contributed by atoms with Crippen LogP contribution in [-0.2, 0) is 16.0 Å². The number of carbonyl (C=O) groups excluding carboxylic acids is 1. The Bertz CT molecular complexity index is 561. The van der Waals surface area contributed by atoms with Crippen molar-refractivity contribution in [2.45, 2.75) is 12.8 Å². The summed E-state index contributed by atoms with van der Waals surface area (Å²) in [6, 6.07) is 7.76. The molecule has 0 fully saturated rings. The SMILES string of the molecule is COC(=O)CCc1nccc2cccc(OC)c12. The molecule has 0 saturated carbocycles. The predicted molar refractivity (Wildman–Crippen MR) is 68.6 cm³/mol. The number of hydrogen-bond donors (Lipinski definition) is 0. The maximum Gasteiger partial charge on any atom is 0.305 e. The van der Waals surface area contributed by atoms with Gasteiger partial charge in [0.05, 0.1) is 26.3 Å². The molecule has 18 heavy (non-hydrogen) atoms. The maximum absolute atomic E-state index is 11.2. The molecule has 0 saturated heterocycles. The van der Waals surface area contributed by atoms with Crippen LogP contribution in [0.1, 0.15) is 12.1 Å². The Balaban J connectivity index is 2.40. The molecule has 0 aliphatic heterocycles. The molecule has 0 aliphatic rings. The van der Waals surface area contributed by atoms with E-state index in [0.29, 0.717) is 12.8 Å². The van der Waals surface area contributed by atoms with Gasteiger partial charge in [0.2, 0.25) is 0 Å². The topological polar surface area (TPSA) is 48.4 Å². The zero-order valence-electron chi connectivity index (χ0n) is 10.5. The average molecular weight is 245 g/mol. The molecule has 94 valence electrons. The highest BCUT2D eigenvalue weighted by Crippen LogP contribution is 2.28. The van der Waals surface area contributed by atoms with Crippen molar-refractivity contribution in [3.8, 4) is 5.75 Å². The third-order valence-corrected chi connectivity index (χ3v) is 2.85. The Kier molecular flexibility index (Phi) is 3.77. The minimum absolute atomic E-state index is 0.233. The Morgan fingerprint density at radius 1 is 1.28 bits per heavy atom. The van der Waals surface area contributed by atoms with Gasteiger partial charge in [-0.05, 0) is 17.5 Å². The number of rotatable bonds is 4. The number of nitrogens with zero attached hydrogens (tertiary/aromatic N) is 1. The Hall–Kier alpha value is -2.10. The molecule has 2 aromatic rings. The van der Waals surface area contributed by atoms with Crippen LogP contribution in [0.15, 0.2) is 30.5 Å². The molecule has 0 radical (unpaired) electrons. The number of carbonyl (C=O) groups is 1. The van der Waals surface area contributed by atoms with Crippen molar-refractivity contribution < 1.29 is 14.3 Å². The van der Waals surface area contributed by atoms with Gasteiger partial charge in [-0.3, -0.25) is 9.78 Å². The second-order valence-electron chi connectivity index (χ2n) is 3.89. The van der Waals surface area contributed by atoms with Gasteiger partial charge in [0.1, 0.15) is 5.75 Å². The third-order valence-electron chi connectivity index (χ3n) is 2.85. The number of hydrogen-bond acceptors (Lipinski definition) is 4. The summed E-state index contributed by atoms with van der Waals surface area (Å²) >= 11 is 0. The molecule has 2 rings (SSSR count). The van der Waals surface area contributed by atoms with Crippen LogP contribution in [0.5, 0.6) is 5.75 Å². The molecule has 0 unspecified atom stereocenters. The van der Waals surface area contributed by atoms with E-state index in [4.69, 9.17) is 4.74 Å². The lowest BCUT2D eigenvalue weighted by atomic mass is 10.1. The van der Waals surface area contributed by atoms with Gasteiger partial charge in [-0.25, -0.2) is 0 Å². The monoisotopic (exact) mass is 245 g/mol. The minimum Gasteiger partial charge on any atom is -0.496 e. The van der Waals surface area contributed by atoms with Crippen molar-refractivity contribution in [2.24, 2.45) is 0 Å². The summed E-state index contributed by atoms with van der Waals surface area (Å²) in [4.78, 5) is 15.5. The van der Waals surface area contributed by atoms with Crippen molar-refractivity contribution in [3.05, 3.63) is 36.2 Å². The molecule has 1 heterocycles. The van der Waals surface area contributed by atoms with Gasteiger partial charge in [-0.2, -0.15) is 0 Å². The van der Waals surface area contributed by atoms with Gasteiger partial charge in [0.25, 0.3) is 0 Å². The fourth-order valence-corrected chi connectivity index (χ4v) is 1.95. The summed E-state index contributed by atoms with van der Waals surface area (Å²) in [7, 11) is 3.02. The van der Waals surface area contributed by atoms with Crippen LogP contribution < -0.4 is 4.74 Å². The molecule has 0 bridgehead atoms. The van der Waals surface area contributed by atoms with E-state index in [-0.39, 0.29) is 5.97 Å². The number of aryl methyl sites for hydroxylation is 1. The van der Waals surface area contributed by atoms with E-state index >= 15 is 0 Å². The van der Waals surface area contributed by atoms with Crippen LogP contribution >= 0.6 is 0 Å². The number of benzene rings is 1. The first kappa shape index (κ1) is 12.4. The second-order valence-corrected chi connectivity index (χ2v) is 3.89. The van der Waals surface area contributed by atoms with E-state index in [0.717, 1.165) is 22.2 Å². The van der Waals surface area contributed by atoms with Crippen molar-refractivity contribution in [1.29, 1.82) is 0 Å². The van der Waals surface area contributed by atoms with Gasteiger partial charge in [-0.1, -0.05) is 12.1 Å². The highest BCUT2D eigenvalue weighted by Gasteiger charge is 2.10. The molecule has 0 aliphatic carbocycles. The summed E-state index contributed by atoms with van der Waals surface area (Å²) < 4.78 is 9.99. The predicted octanol–water partition coefficient (Wildman–Crippen LogP) is 2.35. The zero-order chi connectivity index (χ0) is 13.0. The molecule has 0 N–H and O–H groups in total. The van der Waals surface area contributed by atoms with Crippen LogP contribution in [0.4, 0.5) is 0 Å². The Morgan fingerprint density at radius 2 is 2.11 bits per heavy atom. The highest BCUT2D eigenvalue weighted by molar-refractivity contribution is 5.90. The number of ether oxygens (including phenoxy) is 2. The van der Waals surface area contributed by atoms with Crippen LogP contribution in [0.3, 0.4) is 0 Å². The van der Waals surface area contributed by atoms with Crippen molar-refractivity contribution in [1.82, 2.24) is 4.98 Å². The summed E-state index contributed by atoms with van der Waals surface area (Å²) in [5, 5.41) is 2.02. The first-order chi connectivity index (χ1) is 8.76. The van der Waals surface area contributed by atoms with Crippen LogP contribution in [0.25, 0.3) is 10.8 Å².